The number of rotatable bonds is 2. The van der Waals surface area contributed by atoms with Gasteiger partial charge in [-0.25, -0.2) is 0 Å². The summed E-state index contributed by atoms with van der Waals surface area (Å²) >= 11 is 0. The molecule has 0 aliphatic carbocycles. The Hall–Kier alpha value is -1.96. The van der Waals surface area contributed by atoms with E-state index in [0.717, 1.165) is 22.6 Å². The van der Waals surface area contributed by atoms with Gasteiger partial charge in [-0.3, -0.25) is 0 Å². The number of nitrogens with one attached hydrogen (secondary N) is 1. The highest BCUT2D eigenvalue weighted by molar-refractivity contribution is 5.75. The summed E-state index contributed by atoms with van der Waals surface area (Å²) in [6.45, 7) is 4.13. The van der Waals surface area contributed by atoms with Crippen LogP contribution in [0.2, 0.25) is 0 Å². The normalized spacial score (nSPS) is 10.1. The number of benzene rings is 2. The van der Waals surface area contributed by atoms with Crippen LogP contribution in [0.3, 0.4) is 0 Å². The van der Waals surface area contributed by atoms with Crippen molar-refractivity contribution < 1.29 is 0 Å². The van der Waals surface area contributed by atoms with E-state index in [4.69, 9.17) is 5.73 Å². The number of hydrogen-bond acceptors (Lipinski definition) is 2. The lowest BCUT2D eigenvalue weighted by Crippen LogP contribution is -1.98. The van der Waals surface area contributed by atoms with Gasteiger partial charge < -0.3 is 11.1 Å². The molecule has 0 aliphatic rings. The summed E-state index contributed by atoms with van der Waals surface area (Å²) in [6.07, 6.45) is 0. The van der Waals surface area contributed by atoms with Crippen molar-refractivity contribution in [2.45, 2.75) is 13.8 Å². The first-order valence-electron chi connectivity index (χ1n) is 5.35. The molecule has 0 bridgehead atoms. The van der Waals surface area contributed by atoms with E-state index < -0.39 is 0 Å². The Morgan fingerprint density at radius 2 is 1.75 bits per heavy atom. The standard InChI is InChI=1S/C14H16N2/c1-10-5-3-7-12(9-10)16-14-11(2)6-4-8-13(14)15/h3-9,16H,15H2,1-2H3. The predicted molar refractivity (Wildman–Crippen MR) is 70.1 cm³/mol. The molecule has 0 atom stereocenters. The molecular weight excluding hydrogens is 196 g/mol. The highest BCUT2D eigenvalue weighted by atomic mass is 14.9. The van der Waals surface area contributed by atoms with Crippen molar-refractivity contribution in [2.24, 2.45) is 0 Å². The van der Waals surface area contributed by atoms with E-state index in [2.05, 4.69) is 37.4 Å². The predicted octanol–water partition coefficient (Wildman–Crippen LogP) is 3.63. The molecule has 0 aromatic heterocycles. The van der Waals surface area contributed by atoms with E-state index in [1.807, 2.05) is 24.3 Å². The fourth-order valence-electron chi connectivity index (χ4n) is 1.73. The van der Waals surface area contributed by atoms with Gasteiger partial charge in [-0.1, -0.05) is 24.3 Å². The molecule has 2 aromatic rings. The van der Waals surface area contributed by atoms with Gasteiger partial charge in [-0.2, -0.15) is 0 Å². The van der Waals surface area contributed by atoms with Gasteiger partial charge in [0.25, 0.3) is 0 Å². The third-order valence-corrected chi connectivity index (χ3v) is 2.59. The van der Waals surface area contributed by atoms with Gasteiger partial charge in [-0.15, -0.1) is 0 Å². The van der Waals surface area contributed by atoms with Crippen molar-refractivity contribution in [1.29, 1.82) is 0 Å². The molecule has 0 spiro atoms. The first-order valence-corrected chi connectivity index (χ1v) is 5.35. The number of nitrogens with two attached hydrogens (primary N) is 1. The molecule has 82 valence electrons. The van der Waals surface area contributed by atoms with Gasteiger partial charge in [0.2, 0.25) is 0 Å². The van der Waals surface area contributed by atoms with Crippen molar-refractivity contribution in [3.8, 4) is 0 Å². The molecular formula is C14H16N2. The second-order valence-corrected chi connectivity index (χ2v) is 4.03. The molecule has 16 heavy (non-hydrogen) atoms. The molecule has 0 saturated carbocycles. The SMILES string of the molecule is Cc1cccc(Nc2c(C)cccc2N)c1. The first-order chi connectivity index (χ1) is 7.66. The summed E-state index contributed by atoms with van der Waals surface area (Å²) in [5, 5.41) is 3.36. The molecule has 2 rings (SSSR count). The van der Waals surface area contributed by atoms with Crippen LogP contribution in [0.25, 0.3) is 0 Å². The minimum Gasteiger partial charge on any atom is -0.397 e. The minimum atomic E-state index is 0.779. The highest BCUT2D eigenvalue weighted by Gasteiger charge is 2.02. The van der Waals surface area contributed by atoms with Crippen LogP contribution >= 0.6 is 0 Å². The Balaban J connectivity index is 2.34. The van der Waals surface area contributed by atoms with E-state index >= 15 is 0 Å². The Bertz CT molecular complexity index is 484. The largest absolute Gasteiger partial charge is 0.397 e. The van der Waals surface area contributed by atoms with E-state index in [1.54, 1.807) is 0 Å². The summed E-state index contributed by atoms with van der Waals surface area (Å²) in [6, 6.07) is 14.2. The Kier molecular flexibility index (Phi) is 2.82. The summed E-state index contributed by atoms with van der Waals surface area (Å²) in [5.41, 5.74) is 11.2. The molecule has 0 heterocycles. The van der Waals surface area contributed by atoms with Gasteiger partial charge in [0, 0.05) is 5.69 Å². The van der Waals surface area contributed by atoms with Gasteiger partial charge >= 0.3 is 0 Å². The van der Waals surface area contributed by atoms with Gasteiger partial charge in [-0.05, 0) is 43.2 Å². The lowest BCUT2D eigenvalue weighted by Gasteiger charge is -2.12. The van der Waals surface area contributed by atoms with Crippen LogP contribution in [0, 0.1) is 13.8 Å². The van der Waals surface area contributed by atoms with E-state index in [0.29, 0.717) is 0 Å². The molecule has 0 amide bonds. The molecule has 0 unspecified atom stereocenters. The first kappa shape index (κ1) is 10.6. The molecule has 2 heteroatoms. The highest BCUT2D eigenvalue weighted by Crippen LogP contribution is 2.26. The number of nitrogen functional groups attached to an aromatic ring is 1. The van der Waals surface area contributed by atoms with E-state index in [1.165, 1.54) is 5.56 Å². The number of anilines is 3. The third-order valence-electron chi connectivity index (χ3n) is 2.59. The molecule has 3 N–H and O–H groups in total. The third kappa shape index (κ3) is 2.16. The van der Waals surface area contributed by atoms with Crippen LogP contribution in [0.5, 0.6) is 0 Å². The summed E-state index contributed by atoms with van der Waals surface area (Å²) < 4.78 is 0. The zero-order valence-electron chi connectivity index (χ0n) is 9.62. The number of hydrogen-bond donors (Lipinski definition) is 2. The van der Waals surface area contributed by atoms with Crippen LogP contribution < -0.4 is 11.1 Å². The van der Waals surface area contributed by atoms with Crippen molar-refractivity contribution >= 4 is 17.1 Å². The zero-order chi connectivity index (χ0) is 11.5. The average molecular weight is 212 g/mol. The van der Waals surface area contributed by atoms with Crippen LogP contribution in [-0.4, -0.2) is 0 Å². The Labute approximate surface area is 96.1 Å². The molecule has 0 aliphatic heterocycles. The van der Waals surface area contributed by atoms with Gasteiger partial charge in [0.1, 0.15) is 0 Å². The van der Waals surface area contributed by atoms with Crippen molar-refractivity contribution in [1.82, 2.24) is 0 Å². The monoisotopic (exact) mass is 212 g/mol. The average Bonchev–Trinajstić information content (AvgIpc) is 2.24. The van der Waals surface area contributed by atoms with Crippen LogP contribution in [0.4, 0.5) is 17.1 Å². The fraction of sp³-hybridized carbons (Fsp3) is 0.143. The molecule has 0 saturated heterocycles. The van der Waals surface area contributed by atoms with Crippen LogP contribution in [0.15, 0.2) is 42.5 Å². The van der Waals surface area contributed by atoms with Crippen molar-refractivity contribution in [3.63, 3.8) is 0 Å². The Morgan fingerprint density at radius 1 is 1.00 bits per heavy atom. The fourth-order valence-corrected chi connectivity index (χ4v) is 1.73. The minimum absolute atomic E-state index is 0.779. The second kappa shape index (κ2) is 4.27. The summed E-state index contributed by atoms with van der Waals surface area (Å²) in [4.78, 5) is 0. The lowest BCUT2D eigenvalue weighted by molar-refractivity contribution is 1.41. The molecule has 2 nitrogen and oxygen atoms in total. The summed E-state index contributed by atoms with van der Waals surface area (Å²) in [7, 11) is 0. The van der Waals surface area contributed by atoms with Gasteiger partial charge in [0.15, 0.2) is 0 Å². The van der Waals surface area contributed by atoms with E-state index in [-0.39, 0.29) is 0 Å². The second-order valence-electron chi connectivity index (χ2n) is 4.03. The quantitative estimate of drug-likeness (QED) is 0.746. The zero-order valence-corrected chi connectivity index (χ0v) is 9.62. The smallest absolute Gasteiger partial charge is 0.0647 e. The molecule has 2 aromatic carbocycles. The van der Waals surface area contributed by atoms with Crippen molar-refractivity contribution in [2.75, 3.05) is 11.1 Å². The molecule has 0 radical (unpaired) electrons. The maximum atomic E-state index is 5.94. The van der Waals surface area contributed by atoms with E-state index in [9.17, 15) is 0 Å². The number of para-hydroxylation sites is 1. The summed E-state index contributed by atoms with van der Waals surface area (Å²) in [5.74, 6) is 0. The maximum absolute atomic E-state index is 5.94. The molecule has 0 fully saturated rings. The lowest BCUT2D eigenvalue weighted by atomic mass is 10.1. The topological polar surface area (TPSA) is 38.0 Å². The maximum Gasteiger partial charge on any atom is 0.0647 e. The Morgan fingerprint density at radius 3 is 2.44 bits per heavy atom. The van der Waals surface area contributed by atoms with Crippen LogP contribution in [0.1, 0.15) is 11.1 Å². The van der Waals surface area contributed by atoms with Gasteiger partial charge in [0.05, 0.1) is 11.4 Å². The van der Waals surface area contributed by atoms with Crippen molar-refractivity contribution in [3.05, 3.63) is 53.6 Å². The van der Waals surface area contributed by atoms with Crippen LogP contribution in [-0.2, 0) is 0 Å². The number of aryl methyl sites for hydroxylation is 2.